The molecule has 1 N–H and O–H groups in total. The first kappa shape index (κ1) is 19.9. The fourth-order valence-electron chi connectivity index (χ4n) is 2.39. The van der Waals surface area contributed by atoms with Crippen molar-refractivity contribution in [2.24, 2.45) is 0 Å². The standard InChI is InChI=1S/C18H12BrF4N3O2/c1-28-15-9-26(12-4-2-3-10(7-12)18(21,22)23)25-16(15)17(27)24-14-6-5-11(19)8-13(14)20/h2-9H,1H3,(H,24,27). The van der Waals surface area contributed by atoms with E-state index in [1.165, 1.54) is 43.6 Å². The van der Waals surface area contributed by atoms with Crippen molar-refractivity contribution in [3.63, 3.8) is 0 Å². The molecule has 28 heavy (non-hydrogen) atoms. The smallest absolute Gasteiger partial charge is 0.416 e. The summed E-state index contributed by atoms with van der Waals surface area (Å²) in [6.07, 6.45) is -3.26. The first-order chi connectivity index (χ1) is 13.2. The Morgan fingerprint density at radius 3 is 2.61 bits per heavy atom. The van der Waals surface area contributed by atoms with E-state index in [0.29, 0.717) is 4.47 Å². The number of ether oxygens (including phenoxy) is 1. The number of hydrogen-bond donors (Lipinski definition) is 1. The Balaban J connectivity index is 1.93. The highest BCUT2D eigenvalue weighted by molar-refractivity contribution is 9.10. The molecule has 2 aromatic carbocycles. The van der Waals surface area contributed by atoms with Crippen molar-refractivity contribution in [3.8, 4) is 11.4 Å². The van der Waals surface area contributed by atoms with Crippen molar-refractivity contribution in [2.45, 2.75) is 6.18 Å². The van der Waals surface area contributed by atoms with Gasteiger partial charge >= 0.3 is 6.18 Å². The van der Waals surface area contributed by atoms with Gasteiger partial charge in [0.05, 0.1) is 30.2 Å². The van der Waals surface area contributed by atoms with Gasteiger partial charge in [0.25, 0.3) is 5.91 Å². The molecule has 10 heteroatoms. The lowest BCUT2D eigenvalue weighted by Gasteiger charge is -2.08. The van der Waals surface area contributed by atoms with Gasteiger partial charge in [0.15, 0.2) is 11.4 Å². The van der Waals surface area contributed by atoms with Crippen LogP contribution in [0.3, 0.4) is 0 Å². The van der Waals surface area contributed by atoms with Crippen LogP contribution in [0.15, 0.2) is 53.1 Å². The van der Waals surface area contributed by atoms with E-state index in [9.17, 15) is 22.4 Å². The molecule has 0 fully saturated rings. The Hall–Kier alpha value is -2.88. The van der Waals surface area contributed by atoms with Crippen LogP contribution in [0, 0.1) is 5.82 Å². The summed E-state index contributed by atoms with van der Waals surface area (Å²) in [6.45, 7) is 0. The number of anilines is 1. The molecule has 3 rings (SSSR count). The van der Waals surface area contributed by atoms with Crippen LogP contribution in [0.4, 0.5) is 23.2 Å². The molecule has 0 spiro atoms. The van der Waals surface area contributed by atoms with Crippen LogP contribution in [0.2, 0.25) is 0 Å². The maximum atomic E-state index is 13.9. The quantitative estimate of drug-likeness (QED) is 0.557. The lowest BCUT2D eigenvalue weighted by Crippen LogP contribution is -2.15. The first-order valence-electron chi connectivity index (χ1n) is 7.76. The van der Waals surface area contributed by atoms with Gasteiger partial charge in [-0.1, -0.05) is 22.0 Å². The highest BCUT2D eigenvalue weighted by Gasteiger charge is 2.30. The Kier molecular flexibility index (Phi) is 5.41. The van der Waals surface area contributed by atoms with Gasteiger partial charge in [0, 0.05) is 4.47 Å². The van der Waals surface area contributed by atoms with E-state index in [-0.39, 0.29) is 22.8 Å². The number of rotatable bonds is 4. The van der Waals surface area contributed by atoms with Crippen LogP contribution in [0.1, 0.15) is 16.1 Å². The van der Waals surface area contributed by atoms with Crippen molar-refractivity contribution >= 4 is 27.5 Å². The summed E-state index contributed by atoms with van der Waals surface area (Å²) in [5.74, 6) is -1.42. The fourth-order valence-corrected chi connectivity index (χ4v) is 2.73. The molecule has 5 nitrogen and oxygen atoms in total. The zero-order chi connectivity index (χ0) is 20.5. The van der Waals surface area contributed by atoms with E-state index in [2.05, 4.69) is 26.3 Å². The summed E-state index contributed by atoms with van der Waals surface area (Å²) in [4.78, 5) is 12.5. The molecule has 3 aromatic rings. The number of benzene rings is 2. The molecule has 0 aliphatic heterocycles. The van der Waals surface area contributed by atoms with Gasteiger partial charge in [-0.05, 0) is 36.4 Å². The maximum Gasteiger partial charge on any atom is 0.416 e. The zero-order valence-electron chi connectivity index (χ0n) is 14.2. The van der Waals surface area contributed by atoms with Gasteiger partial charge < -0.3 is 10.1 Å². The largest absolute Gasteiger partial charge is 0.493 e. The summed E-state index contributed by atoms with van der Waals surface area (Å²) < 4.78 is 59.3. The number of nitrogens with one attached hydrogen (secondary N) is 1. The van der Waals surface area contributed by atoms with E-state index in [1.807, 2.05) is 0 Å². The van der Waals surface area contributed by atoms with Gasteiger partial charge in [0.1, 0.15) is 5.82 Å². The molecule has 1 aromatic heterocycles. The molecule has 0 aliphatic rings. The third-order valence-corrected chi connectivity index (χ3v) is 4.23. The number of hydrogen-bond acceptors (Lipinski definition) is 3. The van der Waals surface area contributed by atoms with Crippen molar-refractivity contribution in [1.29, 1.82) is 0 Å². The Morgan fingerprint density at radius 1 is 1.21 bits per heavy atom. The van der Waals surface area contributed by atoms with E-state index >= 15 is 0 Å². The number of aromatic nitrogens is 2. The second-order valence-corrected chi connectivity index (χ2v) is 6.53. The van der Waals surface area contributed by atoms with Gasteiger partial charge in [-0.2, -0.15) is 18.3 Å². The van der Waals surface area contributed by atoms with Crippen LogP contribution >= 0.6 is 15.9 Å². The molecule has 146 valence electrons. The van der Waals surface area contributed by atoms with Gasteiger partial charge in [-0.3, -0.25) is 4.79 Å². The van der Waals surface area contributed by atoms with Crippen molar-refractivity contribution in [3.05, 3.63) is 70.2 Å². The third-order valence-electron chi connectivity index (χ3n) is 3.73. The second-order valence-electron chi connectivity index (χ2n) is 5.62. The Labute approximate surface area is 165 Å². The lowest BCUT2D eigenvalue weighted by molar-refractivity contribution is -0.137. The molecule has 0 saturated carbocycles. The van der Waals surface area contributed by atoms with Crippen molar-refractivity contribution in [1.82, 2.24) is 9.78 Å². The van der Waals surface area contributed by atoms with Crippen LogP contribution in [-0.2, 0) is 6.18 Å². The molecule has 0 atom stereocenters. The third kappa shape index (κ3) is 4.16. The average molecular weight is 458 g/mol. The van der Waals surface area contributed by atoms with Crippen LogP contribution in [0.5, 0.6) is 5.75 Å². The Bertz CT molecular complexity index is 1030. The monoisotopic (exact) mass is 457 g/mol. The molecular weight excluding hydrogens is 446 g/mol. The van der Waals surface area contributed by atoms with Crippen molar-refractivity contribution in [2.75, 3.05) is 12.4 Å². The summed E-state index contributed by atoms with van der Waals surface area (Å²) in [7, 11) is 1.28. The van der Waals surface area contributed by atoms with Gasteiger partial charge in [-0.25, -0.2) is 9.07 Å². The number of alkyl halides is 3. The summed E-state index contributed by atoms with van der Waals surface area (Å²) in [6, 6.07) is 8.51. The van der Waals surface area contributed by atoms with E-state index in [1.54, 1.807) is 0 Å². The second kappa shape index (κ2) is 7.63. The minimum Gasteiger partial charge on any atom is -0.493 e. The minimum absolute atomic E-state index is 0.0208. The van der Waals surface area contributed by atoms with E-state index in [0.717, 1.165) is 16.8 Å². The van der Waals surface area contributed by atoms with Crippen LogP contribution in [-0.4, -0.2) is 22.8 Å². The van der Waals surface area contributed by atoms with Gasteiger partial charge in [-0.15, -0.1) is 0 Å². The van der Waals surface area contributed by atoms with Crippen LogP contribution in [0.25, 0.3) is 5.69 Å². The predicted octanol–water partition coefficient (Wildman–Crippen LogP) is 5.05. The molecule has 0 saturated heterocycles. The molecule has 0 bridgehead atoms. The van der Waals surface area contributed by atoms with Crippen molar-refractivity contribution < 1.29 is 27.1 Å². The summed E-state index contributed by atoms with van der Waals surface area (Å²) >= 11 is 3.11. The number of carbonyl (C=O) groups excluding carboxylic acids is 1. The first-order valence-corrected chi connectivity index (χ1v) is 8.56. The molecule has 1 amide bonds. The number of carbonyl (C=O) groups is 1. The van der Waals surface area contributed by atoms with E-state index in [4.69, 9.17) is 4.74 Å². The topological polar surface area (TPSA) is 56.2 Å². The number of amides is 1. The van der Waals surface area contributed by atoms with Crippen LogP contribution < -0.4 is 10.1 Å². The minimum atomic E-state index is -4.52. The number of methoxy groups -OCH3 is 1. The summed E-state index contributed by atoms with van der Waals surface area (Å²) in [5.41, 5.74) is -1.06. The number of halogens is 5. The molecular formula is C18H12BrF4N3O2. The zero-order valence-corrected chi connectivity index (χ0v) is 15.8. The van der Waals surface area contributed by atoms with Gasteiger partial charge in [0.2, 0.25) is 0 Å². The molecule has 0 aliphatic carbocycles. The normalized spacial score (nSPS) is 11.4. The predicted molar refractivity (Wildman–Crippen MR) is 97.2 cm³/mol. The highest BCUT2D eigenvalue weighted by Crippen LogP contribution is 2.31. The SMILES string of the molecule is COc1cn(-c2cccc(C(F)(F)F)c2)nc1C(=O)Nc1ccc(Br)cc1F. The highest BCUT2D eigenvalue weighted by atomic mass is 79.9. The number of nitrogens with zero attached hydrogens (tertiary/aromatic N) is 2. The summed E-state index contributed by atoms with van der Waals surface area (Å²) in [5, 5.41) is 6.36. The average Bonchev–Trinajstić information content (AvgIpc) is 3.08. The molecule has 1 heterocycles. The van der Waals surface area contributed by atoms with E-state index < -0.39 is 23.5 Å². The molecule has 0 radical (unpaired) electrons. The Morgan fingerprint density at radius 2 is 1.96 bits per heavy atom. The maximum absolute atomic E-state index is 13.9. The lowest BCUT2D eigenvalue weighted by atomic mass is 10.2. The molecule has 0 unspecified atom stereocenters. The fraction of sp³-hybridized carbons (Fsp3) is 0.111.